The molecule has 6 heteroatoms. The maximum absolute atomic E-state index is 12.0. The highest BCUT2D eigenvalue weighted by atomic mass is 16.5. The number of rotatable bonds is 8. The average Bonchev–Trinajstić information content (AvgIpc) is 3.15. The third kappa shape index (κ3) is 5.90. The number of nitrogens with one attached hydrogen (secondary N) is 1. The maximum atomic E-state index is 12.0. The van der Waals surface area contributed by atoms with Gasteiger partial charge in [0.2, 0.25) is 5.91 Å². The van der Waals surface area contributed by atoms with Crippen molar-refractivity contribution >= 4 is 11.6 Å². The summed E-state index contributed by atoms with van der Waals surface area (Å²) in [5, 5.41) is 6.99. The lowest BCUT2D eigenvalue weighted by Gasteiger charge is -2.21. The number of aromatic nitrogens is 2. The van der Waals surface area contributed by atoms with Gasteiger partial charge >= 0.3 is 0 Å². The van der Waals surface area contributed by atoms with Crippen LogP contribution in [0.25, 0.3) is 0 Å². The van der Waals surface area contributed by atoms with Crippen molar-refractivity contribution < 1.29 is 14.3 Å². The lowest BCUT2D eigenvalue weighted by Crippen LogP contribution is -2.24. The van der Waals surface area contributed by atoms with Gasteiger partial charge in [-0.05, 0) is 31.0 Å². The standard InChI is InChI=1S/C19H25N3O3/c23-19(15-25-17-7-2-1-3-8-17)21-16-6-4-9-18(14-16)24-13-12-22-11-5-10-20-22/h4-6,9-11,14,17H,1-3,7-8,12-13,15H2,(H,21,23). The van der Waals surface area contributed by atoms with Crippen molar-refractivity contribution in [1.82, 2.24) is 9.78 Å². The molecule has 0 radical (unpaired) electrons. The maximum Gasteiger partial charge on any atom is 0.250 e. The molecule has 0 aliphatic heterocycles. The largest absolute Gasteiger partial charge is 0.492 e. The smallest absolute Gasteiger partial charge is 0.250 e. The van der Waals surface area contributed by atoms with E-state index in [9.17, 15) is 4.79 Å². The SMILES string of the molecule is O=C(COC1CCCCC1)Nc1cccc(OCCn2cccn2)c1. The van der Waals surface area contributed by atoms with Crippen LogP contribution in [0.15, 0.2) is 42.7 Å². The van der Waals surface area contributed by atoms with Crippen molar-refractivity contribution in [3.8, 4) is 5.75 Å². The highest BCUT2D eigenvalue weighted by Gasteiger charge is 2.15. The van der Waals surface area contributed by atoms with E-state index in [0.717, 1.165) is 18.6 Å². The van der Waals surface area contributed by atoms with Crippen LogP contribution in [0, 0.1) is 0 Å². The van der Waals surface area contributed by atoms with Crippen molar-refractivity contribution in [3.63, 3.8) is 0 Å². The lowest BCUT2D eigenvalue weighted by molar-refractivity contribution is -0.123. The number of hydrogen-bond acceptors (Lipinski definition) is 4. The van der Waals surface area contributed by atoms with Gasteiger partial charge in [0, 0.05) is 24.1 Å². The molecule has 1 aromatic heterocycles. The Morgan fingerprint density at radius 3 is 2.92 bits per heavy atom. The first-order chi connectivity index (χ1) is 12.3. The summed E-state index contributed by atoms with van der Waals surface area (Å²) in [6, 6.07) is 9.28. The van der Waals surface area contributed by atoms with E-state index in [1.807, 2.05) is 41.2 Å². The second-order valence-electron chi connectivity index (χ2n) is 6.26. The van der Waals surface area contributed by atoms with E-state index >= 15 is 0 Å². The number of carbonyl (C=O) groups is 1. The average molecular weight is 343 g/mol. The van der Waals surface area contributed by atoms with E-state index in [1.54, 1.807) is 6.20 Å². The van der Waals surface area contributed by atoms with Crippen LogP contribution in [0.1, 0.15) is 32.1 Å². The second kappa shape index (κ2) is 9.22. The molecule has 134 valence electrons. The molecule has 1 aromatic carbocycles. The van der Waals surface area contributed by atoms with Gasteiger partial charge in [0.1, 0.15) is 19.0 Å². The fourth-order valence-electron chi connectivity index (χ4n) is 2.98. The molecule has 1 N–H and O–H groups in total. The Morgan fingerprint density at radius 2 is 2.12 bits per heavy atom. The molecule has 0 bridgehead atoms. The zero-order valence-corrected chi connectivity index (χ0v) is 14.4. The quantitative estimate of drug-likeness (QED) is 0.799. The molecule has 3 rings (SSSR count). The van der Waals surface area contributed by atoms with Gasteiger partial charge in [0.05, 0.1) is 12.6 Å². The van der Waals surface area contributed by atoms with Gasteiger partial charge in [-0.1, -0.05) is 25.3 Å². The van der Waals surface area contributed by atoms with Crippen LogP contribution in [-0.4, -0.2) is 35.0 Å². The van der Waals surface area contributed by atoms with E-state index in [1.165, 1.54) is 19.3 Å². The number of anilines is 1. The van der Waals surface area contributed by atoms with Gasteiger partial charge in [-0.15, -0.1) is 0 Å². The van der Waals surface area contributed by atoms with Gasteiger partial charge < -0.3 is 14.8 Å². The topological polar surface area (TPSA) is 65.4 Å². The Hall–Kier alpha value is -2.34. The van der Waals surface area contributed by atoms with Crippen LogP contribution in [0.5, 0.6) is 5.75 Å². The number of nitrogens with zero attached hydrogens (tertiary/aromatic N) is 2. The Morgan fingerprint density at radius 1 is 1.24 bits per heavy atom. The first-order valence-corrected chi connectivity index (χ1v) is 8.91. The third-order valence-corrected chi connectivity index (χ3v) is 4.27. The molecular formula is C19H25N3O3. The van der Waals surface area contributed by atoms with Crippen LogP contribution in [-0.2, 0) is 16.1 Å². The summed E-state index contributed by atoms with van der Waals surface area (Å²) in [6.07, 6.45) is 9.67. The Kier molecular flexibility index (Phi) is 6.45. The highest BCUT2D eigenvalue weighted by molar-refractivity contribution is 5.91. The molecule has 0 saturated heterocycles. The monoisotopic (exact) mass is 343 g/mol. The van der Waals surface area contributed by atoms with E-state index in [4.69, 9.17) is 9.47 Å². The van der Waals surface area contributed by atoms with Gasteiger partial charge in [0.25, 0.3) is 0 Å². The van der Waals surface area contributed by atoms with Gasteiger partial charge in [-0.2, -0.15) is 5.10 Å². The molecule has 25 heavy (non-hydrogen) atoms. The fourth-order valence-corrected chi connectivity index (χ4v) is 2.98. The second-order valence-corrected chi connectivity index (χ2v) is 6.26. The van der Waals surface area contributed by atoms with Crippen molar-refractivity contribution in [3.05, 3.63) is 42.7 Å². The molecule has 1 amide bonds. The first-order valence-electron chi connectivity index (χ1n) is 8.91. The minimum atomic E-state index is -0.126. The Bertz CT molecular complexity index is 652. The number of amides is 1. The number of ether oxygens (including phenoxy) is 2. The summed E-state index contributed by atoms with van der Waals surface area (Å²) in [7, 11) is 0. The fraction of sp³-hybridized carbons (Fsp3) is 0.474. The molecule has 0 spiro atoms. The van der Waals surface area contributed by atoms with Crippen LogP contribution in [0.3, 0.4) is 0 Å². The van der Waals surface area contributed by atoms with Crippen LogP contribution in [0.2, 0.25) is 0 Å². The number of carbonyl (C=O) groups excluding carboxylic acids is 1. The Balaban J connectivity index is 1.41. The van der Waals surface area contributed by atoms with Crippen molar-refractivity contribution in [1.29, 1.82) is 0 Å². The summed E-state index contributed by atoms with van der Waals surface area (Å²) in [6.45, 7) is 1.30. The minimum absolute atomic E-state index is 0.106. The van der Waals surface area contributed by atoms with Gasteiger partial charge in [-0.3, -0.25) is 9.48 Å². The summed E-state index contributed by atoms with van der Waals surface area (Å²) < 4.78 is 13.2. The summed E-state index contributed by atoms with van der Waals surface area (Å²) in [5.74, 6) is 0.595. The zero-order chi connectivity index (χ0) is 17.3. The van der Waals surface area contributed by atoms with Crippen molar-refractivity contribution in [2.75, 3.05) is 18.5 Å². The van der Waals surface area contributed by atoms with Gasteiger partial charge in [-0.25, -0.2) is 0 Å². The molecule has 0 unspecified atom stereocenters. The summed E-state index contributed by atoms with van der Waals surface area (Å²) in [5.41, 5.74) is 0.717. The molecule has 1 saturated carbocycles. The molecule has 1 fully saturated rings. The van der Waals surface area contributed by atoms with Crippen LogP contribution in [0.4, 0.5) is 5.69 Å². The Labute approximate surface area is 148 Å². The molecule has 1 heterocycles. The molecule has 6 nitrogen and oxygen atoms in total. The number of hydrogen-bond donors (Lipinski definition) is 1. The molecule has 1 aliphatic rings. The van der Waals surface area contributed by atoms with E-state index < -0.39 is 0 Å². The predicted molar refractivity (Wildman–Crippen MR) is 95.6 cm³/mol. The number of benzene rings is 1. The molecule has 0 atom stereocenters. The van der Waals surface area contributed by atoms with E-state index in [0.29, 0.717) is 18.8 Å². The van der Waals surface area contributed by atoms with E-state index in [-0.39, 0.29) is 18.6 Å². The minimum Gasteiger partial charge on any atom is -0.492 e. The summed E-state index contributed by atoms with van der Waals surface area (Å²) in [4.78, 5) is 12.0. The van der Waals surface area contributed by atoms with Crippen molar-refractivity contribution in [2.45, 2.75) is 44.8 Å². The third-order valence-electron chi connectivity index (χ3n) is 4.27. The zero-order valence-electron chi connectivity index (χ0n) is 14.4. The molecule has 2 aromatic rings. The first kappa shape index (κ1) is 17.5. The highest BCUT2D eigenvalue weighted by Crippen LogP contribution is 2.20. The molecular weight excluding hydrogens is 318 g/mol. The predicted octanol–water partition coefficient (Wildman–Crippen LogP) is 3.25. The van der Waals surface area contributed by atoms with Crippen molar-refractivity contribution in [2.24, 2.45) is 0 Å². The van der Waals surface area contributed by atoms with E-state index in [2.05, 4.69) is 10.4 Å². The van der Waals surface area contributed by atoms with Crippen LogP contribution < -0.4 is 10.1 Å². The van der Waals surface area contributed by atoms with Crippen LogP contribution >= 0.6 is 0 Å². The summed E-state index contributed by atoms with van der Waals surface area (Å²) >= 11 is 0. The molecule has 1 aliphatic carbocycles. The van der Waals surface area contributed by atoms with Gasteiger partial charge in [0.15, 0.2) is 0 Å². The normalized spacial score (nSPS) is 15.0. The lowest BCUT2D eigenvalue weighted by atomic mass is 9.98.